The van der Waals surface area contributed by atoms with Crippen LogP contribution in [0.3, 0.4) is 0 Å². The van der Waals surface area contributed by atoms with Gasteiger partial charge in [-0.25, -0.2) is 0 Å². The zero-order valence-electron chi connectivity index (χ0n) is 15.3. The minimum absolute atomic E-state index is 0.00595. The molecule has 11 nitrogen and oxygen atoms in total. The Morgan fingerprint density at radius 2 is 1.33 bits per heavy atom. The van der Waals surface area contributed by atoms with Gasteiger partial charge in [-0.15, -0.1) is 0 Å². The predicted octanol–water partition coefficient (Wildman–Crippen LogP) is -3.80. The van der Waals surface area contributed by atoms with Crippen molar-refractivity contribution < 1.29 is 54.3 Å². The maximum absolute atomic E-state index is 10.4. The normalized spacial score (nSPS) is 45.8. The van der Waals surface area contributed by atoms with Crippen molar-refractivity contribution in [3.63, 3.8) is 0 Å². The van der Waals surface area contributed by atoms with Crippen molar-refractivity contribution in [3.8, 4) is 0 Å². The maximum Gasteiger partial charge on any atom is 0.187 e. The molecule has 0 aliphatic carbocycles. The topological polar surface area (TPSA) is 168 Å². The van der Waals surface area contributed by atoms with Gasteiger partial charge in [-0.3, -0.25) is 0 Å². The molecule has 6 N–H and O–H groups in total. The van der Waals surface area contributed by atoms with E-state index in [9.17, 15) is 30.6 Å². The Hall–Kier alpha value is -0.440. The highest BCUT2D eigenvalue weighted by Gasteiger charge is 2.50. The first-order valence-corrected chi connectivity index (χ1v) is 8.77. The van der Waals surface area contributed by atoms with Gasteiger partial charge in [0.05, 0.1) is 38.6 Å². The van der Waals surface area contributed by atoms with Crippen LogP contribution in [0, 0.1) is 5.92 Å². The van der Waals surface area contributed by atoms with E-state index in [4.69, 9.17) is 23.7 Å². The fraction of sp³-hybridized carbons (Fsp3) is 1.00. The summed E-state index contributed by atoms with van der Waals surface area (Å²) in [6, 6.07) is 0. The lowest BCUT2D eigenvalue weighted by Gasteiger charge is -2.46. The molecular weight excluding hydrogens is 368 g/mol. The van der Waals surface area contributed by atoms with Crippen molar-refractivity contribution in [2.24, 2.45) is 5.92 Å². The first-order valence-electron chi connectivity index (χ1n) is 8.77. The van der Waals surface area contributed by atoms with E-state index >= 15 is 0 Å². The molecule has 0 aromatic rings. The Morgan fingerprint density at radius 1 is 0.704 bits per heavy atom. The van der Waals surface area contributed by atoms with Gasteiger partial charge in [-0.05, 0) is 0 Å². The lowest BCUT2D eigenvalue weighted by molar-refractivity contribution is -0.339. The average Bonchev–Trinajstić information content (AvgIpc) is 2.66. The molecule has 0 amide bonds. The Balaban J connectivity index is 2.11. The molecule has 2 heterocycles. The van der Waals surface area contributed by atoms with Crippen LogP contribution < -0.4 is 0 Å². The molecule has 2 saturated heterocycles. The SMILES string of the molecule is COCC1OC(CO)[C@@H](OC2OC(CO)[C@@H](COC)C(O)[C@@H]2O)C(O)[C@@H]1O. The van der Waals surface area contributed by atoms with E-state index in [0.717, 1.165) is 0 Å². The first kappa shape index (κ1) is 22.8. The Morgan fingerprint density at radius 3 is 1.89 bits per heavy atom. The van der Waals surface area contributed by atoms with E-state index in [2.05, 4.69) is 0 Å². The second-order valence-corrected chi connectivity index (χ2v) is 6.76. The largest absolute Gasteiger partial charge is 0.394 e. The highest BCUT2D eigenvalue weighted by Crippen LogP contribution is 2.31. The second kappa shape index (κ2) is 10.4. The smallest absolute Gasteiger partial charge is 0.187 e. The third-order valence-corrected chi connectivity index (χ3v) is 4.98. The van der Waals surface area contributed by atoms with Crippen LogP contribution in [-0.4, -0.2) is 126 Å². The van der Waals surface area contributed by atoms with Crippen molar-refractivity contribution >= 4 is 0 Å². The molecule has 160 valence electrons. The number of hydrogen-bond donors (Lipinski definition) is 6. The van der Waals surface area contributed by atoms with Gasteiger partial charge in [-0.1, -0.05) is 0 Å². The van der Waals surface area contributed by atoms with Crippen LogP contribution in [0.2, 0.25) is 0 Å². The van der Waals surface area contributed by atoms with E-state index in [1.54, 1.807) is 0 Å². The summed E-state index contributed by atoms with van der Waals surface area (Å²) in [7, 11) is 2.81. The fourth-order valence-corrected chi connectivity index (χ4v) is 3.47. The van der Waals surface area contributed by atoms with Crippen LogP contribution in [0.4, 0.5) is 0 Å². The van der Waals surface area contributed by atoms with E-state index in [-0.39, 0.29) is 13.2 Å². The van der Waals surface area contributed by atoms with E-state index in [1.165, 1.54) is 14.2 Å². The van der Waals surface area contributed by atoms with Gasteiger partial charge in [0, 0.05) is 20.1 Å². The molecule has 0 aromatic carbocycles. The molecule has 2 rings (SSSR count). The van der Waals surface area contributed by atoms with Gasteiger partial charge >= 0.3 is 0 Å². The summed E-state index contributed by atoms with van der Waals surface area (Å²) in [5, 5.41) is 60.3. The van der Waals surface area contributed by atoms with Crippen molar-refractivity contribution in [1.29, 1.82) is 0 Å². The summed E-state index contributed by atoms with van der Waals surface area (Å²) in [6.07, 6.45) is -11.1. The Bertz CT molecular complexity index is 435. The monoisotopic (exact) mass is 398 g/mol. The van der Waals surface area contributed by atoms with Crippen molar-refractivity contribution in [2.45, 2.75) is 55.1 Å². The number of hydrogen-bond acceptors (Lipinski definition) is 11. The maximum atomic E-state index is 10.4. The molecule has 2 aliphatic rings. The van der Waals surface area contributed by atoms with E-state index in [0.29, 0.717) is 0 Å². The molecule has 0 bridgehead atoms. The first-order chi connectivity index (χ1) is 12.9. The van der Waals surface area contributed by atoms with Gasteiger partial charge in [-0.2, -0.15) is 0 Å². The zero-order chi connectivity index (χ0) is 20.1. The van der Waals surface area contributed by atoms with E-state index < -0.39 is 74.3 Å². The molecule has 27 heavy (non-hydrogen) atoms. The molecule has 2 aliphatic heterocycles. The minimum atomic E-state index is -1.51. The van der Waals surface area contributed by atoms with Crippen molar-refractivity contribution in [2.75, 3.05) is 40.6 Å². The Kier molecular flexibility index (Phi) is 8.77. The second-order valence-electron chi connectivity index (χ2n) is 6.76. The highest BCUT2D eigenvalue weighted by atomic mass is 16.7. The van der Waals surface area contributed by atoms with Crippen molar-refractivity contribution in [3.05, 3.63) is 0 Å². The molecule has 0 spiro atoms. The van der Waals surface area contributed by atoms with Crippen LogP contribution in [0.1, 0.15) is 0 Å². The number of aliphatic hydroxyl groups excluding tert-OH is 6. The number of methoxy groups -OCH3 is 2. The average molecular weight is 398 g/mol. The van der Waals surface area contributed by atoms with Gasteiger partial charge in [0.2, 0.25) is 0 Å². The lowest BCUT2D eigenvalue weighted by atomic mass is 9.89. The van der Waals surface area contributed by atoms with Crippen molar-refractivity contribution in [1.82, 2.24) is 0 Å². The number of aliphatic hydroxyl groups is 6. The molecule has 0 aromatic heterocycles. The van der Waals surface area contributed by atoms with E-state index in [1.807, 2.05) is 0 Å². The van der Waals surface area contributed by atoms with Crippen LogP contribution >= 0.6 is 0 Å². The summed E-state index contributed by atoms with van der Waals surface area (Å²) in [6.45, 7) is -0.949. The van der Waals surface area contributed by atoms with Crippen LogP contribution in [0.15, 0.2) is 0 Å². The third kappa shape index (κ3) is 4.95. The third-order valence-electron chi connectivity index (χ3n) is 4.98. The van der Waals surface area contributed by atoms with Gasteiger partial charge in [0.25, 0.3) is 0 Å². The number of rotatable bonds is 8. The molecule has 11 heteroatoms. The predicted molar refractivity (Wildman–Crippen MR) is 87.6 cm³/mol. The summed E-state index contributed by atoms with van der Waals surface area (Å²) >= 11 is 0. The molecule has 10 atom stereocenters. The minimum Gasteiger partial charge on any atom is -0.394 e. The summed E-state index contributed by atoms with van der Waals surface area (Å²) in [5.41, 5.74) is 0. The molecule has 6 unspecified atom stereocenters. The van der Waals surface area contributed by atoms with Gasteiger partial charge in [0.15, 0.2) is 6.29 Å². The van der Waals surface area contributed by atoms with Crippen LogP contribution in [0.5, 0.6) is 0 Å². The molecule has 2 fully saturated rings. The quantitative estimate of drug-likeness (QED) is 0.237. The zero-order valence-corrected chi connectivity index (χ0v) is 15.3. The van der Waals surface area contributed by atoms with Gasteiger partial charge < -0.3 is 54.3 Å². The Labute approximate surface area is 157 Å². The molecular formula is C16H30O11. The number of ether oxygens (including phenoxy) is 5. The standard InChI is InChI=1S/C16H30O11/c1-23-5-7-8(3-17)26-16(14(22)11(7)19)27-15-9(4-18)25-10(6-24-2)12(20)13(15)21/h7-22H,3-6H2,1-2H3/t7-,8?,9?,10?,11?,12-,13?,14+,15-,16?/m1/s1. The lowest BCUT2D eigenvalue weighted by Crippen LogP contribution is -2.64. The van der Waals surface area contributed by atoms with Gasteiger partial charge in [0.1, 0.15) is 36.6 Å². The molecule has 0 saturated carbocycles. The van der Waals surface area contributed by atoms with Crippen LogP contribution in [-0.2, 0) is 23.7 Å². The summed E-state index contributed by atoms with van der Waals surface area (Å²) in [5.74, 6) is -0.687. The summed E-state index contributed by atoms with van der Waals surface area (Å²) < 4.78 is 26.5. The summed E-state index contributed by atoms with van der Waals surface area (Å²) in [4.78, 5) is 0. The van der Waals surface area contributed by atoms with Crippen LogP contribution in [0.25, 0.3) is 0 Å². The molecule has 0 radical (unpaired) electrons. The highest BCUT2D eigenvalue weighted by molar-refractivity contribution is 4.95. The fourth-order valence-electron chi connectivity index (χ4n) is 3.47.